The molecule has 9 nitrogen and oxygen atoms in total. The van der Waals surface area contributed by atoms with E-state index in [-0.39, 0.29) is 11.3 Å². The lowest BCUT2D eigenvalue weighted by molar-refractivity contribution is -0.117. The molecule has 4 aromatic rings. The number of Topliss-reactive ketones (excluding diaryl/α,β-unsaturated/α-hetero) is 1. The predicted octanol–water partition coefficient (Wildman–Crippen LogP) is 5.87. The Morgan fingerprint density at radius 3 is 2.68 bits per heavy atom. The molecule has 1 N–H and O–H groups in total. The number of ketones is 1. The summed E-state index contributed by atoms with van der Waals surface area (Å²) in [6.07, 6.45) is 2.37. The number of rotatable bonds is 10. The van der Waals surface area contributed by atoms with Crippen LogP contribution in [0.2, 0.25) is 0 Å². The summed E-state index contributed by atoms with van der Waals surface area (Å²) in [5, 5.41) is 13.7. The molecule has 2 aromatic carbocycles. The van der Waals surface area contributed by atoms with Gasteiger partial charge in [-0.25, -0.2) is 4.98 Å². The molecular weight excluding hydrogens is 508 g/mol. The molecule has 0 radical (unpaired) electrons. The Bertz CT molecular complexity index is 1520. The topological polar surface area (TPSA) is 111 Å². The highest BCUT2D eigenvalue weighted by atomic mass is 32.1. The van der Waals surface area contributed by atoms with Crippen LogP contribution in [0.25, 0.3) is 11.0 Å². The summed E-state index contributed by atoms with van der Waals surface area (Å²) in [5.41, 5.74) is 0.821. The monoisotopic (exact) mass is 534 g/mol. The van der Waals surface area contributed by atoms with Gasteiger partial charge in [-0.3, -0.25) is 14.5 Å². The predicted molar refractivity (Wildman–Crippen MR) is 142 cm³/mol. The van der Waals surface area contributed by atoms with Crippen molar-refractivity contribution in [3.8, 4) is 17.2 Å². The number of carbonyl (C=O) groups excluding carboxylic acids is 2. The van der Waals surface area contributed by atoms with Crippen LogP contribution in [0.5, 0.6) is 17.2 Å². The van der Waals surface area contributed by atoms with Gasteiger partial charge in [-0.1, -0.05) is 25.1 Å². The van der Waals surface area contributed by atoms with Gasteiger partial charge in [0.05, 0.1) is 31.9 Å². The largest absolute Gasteiger partial charge is 0.503 e. The van der Waals surface area contributed by atoms with E-state index < -0.39 is 23.5 Å². The Morgan fingerprint density at radius 1 is 1.13 bits per heavy atom. The minimum absolute atomic E-state index is 0.0298. The number of nitrogens with zero attached hydrogens (tertiary/aromatic N) is 2. The number of anilines is 1. The van der Waals surface area contributed by atoms with Crippen LogP contribution in [0.15, 0.2) is 69.8 Å². The average molecular weight is 535 g/mol. The van der Waals surface area contributed by atoms with Crippen LogP contribution in [0.4, 0.5) is 5.13 Å². The van der Waals surface area contributed by atoms with E-state index in [1.165, 1.54) is 23.3 Å². The number of hydrogen-bond acceptors (Lipinski definition) is 9. The molecule has 0 saturated heterocycles. The SMILES string of the molecule is CCCOc1ccc(C2C(C(=O)c3cc4cccc(OC)c4o3)=C(O)C(=O)N2c2nccs2)cc1OCC. The summed E-state index contributed by atoms with van der Waals surface area (Å²) in [4.78, 5) is 32.8. The molecule has 10 heteroatoms. The zero-order valence-electron chi connectivity index (χ0n) is 21.1. The lowest BCUT2D eigenvalue weighted by Gasteiger charge is -2.25. The molecule has 38 heavy (non-hydrogen) atoms. The van der Waals surface area contributed by atoms with E-state index in [0.29, 0.717) is 52.1 Å². The normalized spacial score (nSPS) is 15.4. The van der Waals surface area contributed by atoms with Crippen LogP contribution in [0.1, 0.15) is 42.4 Å². The summed E-state index contributed by atoms with van der Waals surface area (Å²) >= 11 is 1.22. The van der Waals surface area contributed by atoms with Crippen molar-refractivity contribution in [2.75, 3.05) is 25.2 Å². The molecule has 1 unspecified atom stereocenters. The summed E-state index contributed by atoms with van der Waals surface area (Å²) in [6, 6.07) is 11.1. The summed E-state index contributed by atoms with van der Waals surface area (Å²) in [6.45, 7) is 4.75. The molecule has 0 spiro atoms. The molecular formula is C28H26N2O7S. The summed E-state index contributed by atoms with van der Waals surface area (Å²) in [7, 11) is 1.51. The van der Waals surface area contributed by atoms with Crippen LogP contribution >= 0.6 is 11.3 Å². The van der Waals surface area contributed by atoms with Crippen LogP contribution < -0.4 is 19.1 Å². The zero-order valence-corrected chi connectivity index (χ0v) is 21.9. The highest BCUT2D eigenvalue weighted by Crippen LogP contribution is 2.45. The minimum Gasteiger partial charge on any atom is -0.503 e. The number of para-hydroxylation sites is 1. The van der Waals surface area contributed by atoms with E-state index in [9.17, 15) is 14.7 Å². The third-order valence-corrected chi connectivity index (χ3v) is 6.85. The maximum atomic E-state index is 13.9. The molecule has 1 aliphatic heterocycles. The van der Waals surface area contributed by atoms with E-state index in [2.05, 4.69) is 4.98 Å². The Balaban J connectivity index is 1.64. The van der Waals surface area contributed by atoms with Gasteiger partial charge in [0.1, 0.15) is 0 Å². The van der Waals surface area contributed by atoms with Crippen molar-refractivity contribution < 1.29 is 33.3 Å². The van der Waals surface area contributed by atoms with Crippen LogP contribution in [-0.2, 0) is 4.79 Å². The summed E-state index contributed by atoms with van der Waals surface area (Å²) < 4.78 is 22.9. The molecule has 3 heterocycles. The van der Waals surface area contributed by atoms with Gasteiger partial charge in [-0.15, -0.1) is 11.3 Å². The first-order valence-corrected chi connectivity index (χ1v) is 13.0. The second-order valence-corrected chi connectivity index (χ2v) is 9.33. The van der Waals surface area contributed by atoms with Gasteiger partial charge in [0, 0.05) is 17.0 Å². The Morgan fingerprint density at radius 2 is 1.97 bits per heavy atom. The number of carbonyl (C=O) groups is 2. The van der Waals surface area contributed by atoms with Crippen molar-refractivity contribution in [1.29, 1.82) is 0 Å². The number of hydrogen-bond donors (Lipinski definition) is 1. The molecule has 2 aromatic heterocycles. The van der Waals surface area contributed by atoms with Gasteiger partial charge in [0.2, 0.25) is 5.78 Å². The highest BCUT2D eigenvalue weighted by molar-refractivity contribution is 7.13. The van der Waals surface area contributed by atoms with Crippen molar-refractivity contribution >= 4 is 39.1 Å². The molecule has 1 atom stereocenters. The second kappa shape index (κ2) is 10.6. The number of aromatic nitrogens is 1. The van der Waals surface area contributed by atoms with Crippen LogP contribution in [0, 0.1) is 0 Å². The fraction of sp³-hybridized carbons (Fsp3) is 0.250. The first-order valence-electron chi connectivity index (χ1n) is 12.1. The third kappa shape index (κ3) is 4.37. The highest BCUT2D eigenvalue weighted by Gasteiger charge is 2.46. The lowest BCUT2D eigenvalue weighted by atomic mass is 9.95. The van der Waals surface area contributed by atoms with Gasteiger partial charge >= 0.3 is 0 Å². The molecule has 5 rings (SSSR count). The lowest BCUT2D eigenvalue weighted by Crippen LogP contribution is -2.31. The van der Waals surface area contributed by atoms with Crippen molar-refractivity contribution in [2.24, 2.45) is 0 Å². The smallest absolute Gasteiger partial charge is 0.296 e. The maximum absolute atomic E-state index is 13.9. The number of furan rings is 1. The van der Waals surface area contributed by atoms with E-state index in [0.717, 1.165) is 6.42 Å². The number of aliphatic hydroxyl groups is 1. The van der Waals surface area contributed by atoms with Crippen LogP contribution in [-0.4, -0.2) is 42.1 Å². The third-order valence-electron chi connectivity index (χ3n) is 6.07. The van der Waals surface area contributed by atoms with Gasteiger partial charge in [0.25, 0.3) is 5.91 Å². The molecule has 196 valence electrons. The standard InChI is InChI=1S/C28H26N2O7S/c1-4-12-36-18-10-9-16(14-20(18)35-5-2)23-22(25(32)27(33)30(23)28-29-11-13-38-28)24(31)21-15-17-7-6-8-19(34-3)26(17)37-21/h6-11,13-15,23,32H,4-5,12H2,1-3H3. The molecule has 0 aliphatic carbocycles. The fourth-order valence-electron chi connectivity index (χ4n) is 4.42. The Labute approximate surface area is 222 Å². The first-order chi connectivity index (χ1) is 18.5. The number of ether oxygens (including phenoxy) is 3. The molecule has 0 saturated carbocycles. The van der Waals surface area contributed by atoms with Crippen molar-refractivity contribution in [1.82, 2.24) is 4.98 Å². The Hall–Kier alpha value is -4.31. The zero-order chi connectivity index (χ0) is 26.8. The fourth-order valence-corrected chi connectivity index (χ4v) is 5.09. The minimum atomic E-state index is -0.976. The Kier molecular flexibility index (Phi) is 7.06. The van der Waals surface area contributed by atoms with Gasteiger partial charge in [-0.05, 0) is 43.2 Å². The van der Waals surface area contributed by atoms with Gasteiger partial charge in [0.15, 0.2) is 39.5 Å². The van der Waals surface area contributed by atoms with E-state index in [4.69, 9.17) is 18.6 Å². The van der Waals surface area contributed by atoms with E-state index in [1.54, 1.807) is 54.0 Å². The second-order valence-electron chi connectivity index (χ2n) is 8.46. The molecule has 1 amide bonds. The molecule has 1 aliphatic rings. The quantitative estimate of drug-likeness (QED) is 0.252. The molecule has 0 bridgehead atoms. The first kappa shape index (κ1) is 25.3. The van der Waals surface area contributed by atoms with E-state index >= 15 is 0 Å². The maximum Gasteiger partial charge on any atom is 0.296 e. The van der Waals surface area contributed by atoms with Crippen molar-refractivity contribution in [2.45, 2.75) is 26.3 Å². The number of aliphatic hydroxyl groups excluding tert-OH is 1. The van der Waals surface area contributed by atoms with Gasteiger partial charge in [-0.2, -0.15) is 0 Å². The summed E-state index contributed by atoms with van der Waals surface area (Å²) in [5.74, 6) is -0.560. The van der Waals surface area contributed by atoms with E-state index in [1.807, 2.05) is 13.8 Å². The number of thiazole rings is 1. The van der Waals surface area contributed by atoms with Crippen LogP contribution in [0.3, 0.4) is 0 Å². The average Bonchev–Trinajstić information content (AvgIpc) is 3.66. The van der Waals surface area contributed by atoms with Gasteiger partial charge < -0.3 is 23.7 Å². The number of fused-ring (bicyclic) bond motifs is 1. The molecule has 0 fully saturated rings. The van der Waals surface area contributed by atoms with Crippen molar-refractivity contribution in [3.63, 3.8) is 0 Å². The number of amides is 1. The number of benzene rings is 2. The van der Waals surface area contributed by atoms with Crippen molar-refractivity contribution in [3.05, 3.63) is 76.7 Å². The number of methoxy groups -OCH3 is 1.